The van der Waals surface area contributed by atoms with Gasteiger partial charge in [0.25, 0.3) is 5.91 Å². The first-order valence-electron chi connectivity index (χ1n) is 16.6. The molecule has 0 N–H and O–H groups in total. The largest absolute Gasteiger partial charge is 0.444 e. The van der Waals surface area contributed by atoms with Crippen LogP contribution < -0.4 is 0 Å². The Morgan fingerprint density at radius 1 is 1.11 bits per heavy atom. The van der Waals surface area contributed by atoms with Crippen LogP contribution in [-0.2, 0) is 25.4 Å². The number of amides is 3. The Hall–Kier alpha value is -3.58. The number of benzene rings is 1. The minimum absolute atomic E-state index is 0.0556. The van der Waals surface area contributed by atoms with Gasteiger partial charge in [0, 0.05) is 46.4 Å². The molecule has 12 nitrogen and oxygen atoms in total. The van der Waals surface area contributed by atoms with Gasteiger partial charge in [0.15, 0.2) is 5.69 Å². The number of rotatable bonds is 11. The Morgan fingerprint density at radius 2 is 1.83 bits per heavy atom. The lowest BCUT2D eigenvalue weighted by Gasteiger charge is -2.44. The number of nitrogens with zero attached hydrogens (tertiary/aromatic N) is 6. The van der Waals surface area contributed by atoms with Crippen molar-refractivity contribution < 1.29 is 33.0 Å². The molecule has 0 aliphatic carbocycles. The normalized spacial score (nSPS) is 18.8. The number of aryl methyl sites for hydroxylation is 1. The number of hydrogen-bond donors (Lipinski definition) is 0. The third-order valence-corrected chi connectivity index (χ3v) is 8.38. The van der Waals surface area contributed by atoms with Gasteiger partial charge in [-0.1, -0.05) is 19.1 Å². The van der Waals surface area contributed by atoms with Crippen molar-refractivity contribution in [2.45, 2.75) is 78.9 Å². The number of morpholine rings is 1. The molecule has 3 amide bonds. The number of likely N-dealkylation sites (tertiary alicyclic amines) is 1. The van der Waals surface area contributed by atoms with E-state index in [9.17, 15) is 18.8 Å². The topological polar surface area (TPSA) is 119 Å². The van der Waals surface area contributed by atoms with Crippen LogP contribution in [-0.4, -0.2) is 119 Å². The molecular weight excluding hydrogens is 607 g/mol. The second-order valence-corrected chi connectivity index (χ2v) is 13.9. The number of ether oxygens (including phenoxy) is 3. The minimum Gasteiger partial charge on any atom is -0.444 e. The van der Waals surface area contributed by atoms with Crippen molar-refractivity contribution in [2.24, 2.45) is 11.8 Å². The SMILES string of the molecule is COCCCCc1c(C(=O)N(CC(C)C)[C@H]2C[C@@H](C(=O)N3CCOCC3)CN(C(=O)OC(C)(C)C)C2)nnn1-c1ccc(F)c(C)c1. The van der Waals surface area contributed by atoms with Crippen molar-refractivity contribution in [3.63, 3.8) is 0 Å². The van der Waals surface area contributed by atoms with Crippen LogP contribution in [0.1, 0.15) is 75.6 Å². The second kappa shape index (κ2) is 16.0. The molecule has 2 aliphatic heterocycles. The summed E-state index contributed by atoms with van der Waals surface area (Å²) in [4.78, 5) is 46.9. The summed E-state index contributed by atoms with van der Waals surface area (Å²) >= 11 is 0. The van der Waals surface area contributed by atoms with Gasteiger partial charge in [-0.05, 0) is 83.1 Å². The Kier molecular flexibility index (Phi) is 12.4. The molecule has 260 valence electrons. The highest BCUT2D eigenvalue weighted by Crippen LogP contribution is 2.28. The van der Waals surface area contributed by atoms with Gasteiger partial charge in [0.2, 0.25) is 5.91 Å². The number of piperidine rings is 1. The van der Waals surface area contributed by atoms with E-state index in [2.05, 4.69) is 10.3 Å². The summed E-state index contributed by atoms with van der Waals surface area (Å²) in [6.07, 6.45) is 1.86. The Labute approximate surface area is 277 Å². The van der Waals surface area contributed by atoms with Crippen LogP contribution in [0.3, 0.4) is 0 Å². The monoisotopic (exact) mass is 658 g/mol. The molecule has 1 aromatic heterocycles. The van der Waals surface area contributed by atoms with Crippen molar-refractivity contribution >= 4 is 17.9 Å². The van der Waals surface area contributed by atoms with Crippen LogP contribution in [0.5, 0.6) is 0 Å². The lowest BCUT2D eigenvalue weighted by Crippen LogP contribution is -2.58. The third kappa shape index (κ3) is 9.50. The van der Waals surface area contributed by atoms with Crippen LogP contribution in [0, 0.1) is 24.6 Å². The maximum Gasteiger partial charge on any atom is 0.410 e. The highest BCUT2D eigenvalue weighted by atomic mass is 19.1. The molecule has 2 fully saturated rings. The van der Waals surface area contributed by atoms with Gasteiger partial charge in [-0.3, -0.25) is 9.59 Å². The fourth-order valence-corrected chi connectivity index (χ4v) is 6.12. The van der Waals surface area contributed by atoms with E-state index in [-0.39, 0.29) is 42.3 Å². The highest BCUT2D eigenvalue weighted by molar-refractivity contribution is 5.94. The van der Waals surface area contributed by atoms with E-state index >= 15 is 0 Å². The molecule has 2 saturated heterocycles. The van der Waals surface area contributed by atoms with E-state index in [1.54, 1.807) is 66.3 Å². The van der Waals surface area contributed by atoms with Gasteiger partial charge in [-0.25, -0.2) is 13.9 Å². The molecular formula is C34H51FN6O6. The van der Waals surface area contributed by atoms with Crippen molar-refractivity contribution in [2.75, 3.05) is 59.7 Å². The van der Waals surface area contributed by atoms with E-state index in [0.717, 1.165) is 12.8 Å². The smallest absolute Gasteiger partial charge is 0.410 e. The van der Waals surface area contributed by atoms with Crippen LogP contribution in [0.15, 0.2) is 18.2 Å². The van der Waals surface area contributed by atoms with Crippen molar-refractivity contribution in [1.29, 1.82) is 0 Å². The van der Waals surface area contributed by atoms with Crippen molar-refractivity contribution in [3.8, 4) is 5.69 Å². The maximum atomic E-state index is 14.6. The quantitative estimate of drug-likeness (QED) is 0.329. The molecule has 0 spiro atoms. The number of halogens is 1. The molecule has 47 heavy (non-hydrogen) atoms. The lowest BCUT2D eigenvalue weighted by atomic mass is 9.91. The van der Waals surface area contributed by atoms with E-state index in [1.165, 1.54) is 6.07 Å². The van der Waals surface area contributed by atoms with E-state index in [4.69, 9.17) is 14.2 Å². The number of unbranched alkanes of at least 4 members (excludes halogenated alkanes) is 1. The molecule has 0 unspecified atom stereocenters. The zero-order valence-corrected chi connectivity index (χ0v) is 29.0. The van der Waals surface area contributed by atoms with Crippen LogP contribution >= 0.6 is 0 Å². The summed E-state index contributed by atoms with van der Waals surface area (Å²) < 4.78 is 32.2. The minimum atomic E-state index is -0.726. The van der Waals surface area contributed by atoms with E-state index in [0.29, 0.717) is 69.2 Å². The fourth-order valence-electron chi connectivity index (χ4n) is 6.12. The average Bonchev–Trinajstić information content (AvgIpc) is 3.45. The first-order valence-corrected chi connectivity index (χ1v) is 16.6. The summed E-state index contributed by atoms with van der Waals surface area (Å²) in [7, 11) is 1.65. The first-order chi connectivity index (χ1) is 22.3. The van der Waals surface area contributed by atoms with Gasteiger partial charge in [0.05, 0.1) is 36.6 Å². The predicted molar refractivity (Wildman–Crippen MR) is 174 cm³/mol. The summed E-state index contributed by atoms with van der Waals surface area (Å²) in [5.74, 6) is -1.14. The molecule has 0 bridgehead atoms. The van der Waals surface area contributed by atoms with Crippen molar-refractivity contribution in [1.82, 2.24) is 29.7 Å². The molecule has 0 saturated carbocycles. The van der Waals surface area contributed by atoms with Gasteiger partial charge in [-0.15, -0.1) is 5.10 Å². The van der Waals surface area contributed by atoms with Crippen LogP contribution in [0.2, 0.25) is 0 Å². The molecule has 1 aromatic carbocycles. The van der Waals surface area contributed by atoms with E-state index < -0.39 is 23.7 Å². The Bertz CT molecular complexity index is 1390. The standard InChI is InChI=1S/C34H51FN6O6/c1-23(2)20-40(27-19-25(31(42)38-13-16-46-17-14-38)21-39(22-27)33(44)47-34(4,5)6)32(43)30-29(10-8-9-15-45-7)41(37-36-30)26-11-12-28(35)24(3)18-26/h11-12,18,23,25,27H,8-10,13-17,19-22H2,1-7H3/t25-,27+/m1/s1. The van der Waals surface area contributed by atoms with Gasteiger partial charge in [-0.2, -0.15) is 0 Å². The average molecular weight is 659 g/mol. The molecule has 13 heteroatoms. The summed E-state index contributed by atoms with van der Waals surface area (Å²) in [6.45, 7) is 14.4. The number of methoxy groups -OCH3 is 1. The molecule has 3 heterocycles. The lowest BCUT2D eigenvalue weighted by molar-refractivity contribution is -0.142. The second-order valence-electron chi connectivity index (χ2n) is 13.9. The Morgan fingerprint density at radius 3 is 2.47 bits per heavy atom. The fraction of sp³-hybridized carbons (Fsp3) is 0.676. The van der Waals surface area contributed by atoms with E-state index in [1.807, 2.05) is 13.8 Å². The molecule has 0 radical (unpaired) electrons. The number of aromatic nitrogens is 3. The summed E-state index contributed by atoms with van der Waals surface area (Å²) in [6, 6.07) is 4.22. The zero-order valence-electron chi connectivity index (χ0n) is 29.0. The number of hydrogen-bond acceptors (Lipinski definition) is 8. The summed E-state index contributed by atoms with van der Waals surface area (Å²) in [5, 5.41) is 8.78. The number of carbonyl (C=O) groups excluding carboxylic acids is 3. The van der Waals surface area contributed by atoms with Gasteiger partial charge < -0.3 is 28.9 Å². The van der Waals surface area contributed by atoms with Crippen LogP contribution in [0.25, 0.3) is 5.69 Å². The van der Waals surface area contributed by atoms with Crippen molar-refractivity contribution in [3.05, 3.63) is 41.0 Å². The molecule has 2 aliphatic rings. The summed E-state index contributed by atoms with van der Waals surface area (Å²) in [5.41, 5.74) is 1.16. The molecule has 2 aromatic rings. The highest BCUT2D eigenvalue weighted by Gasteiger charge is 2.42. The maximum absolute atomic E-state index is 14.6. The van der Waals surface area contributed by atoms with Gasteiger partial charge >= 0.3 is 6.09 Å². The van der Waals surface area contributed by atoms with Crippen LogP contribution in [0.4, 0.5) is 9.18 Å². The zero-order chi connectivity index (χ0) is 34.3. The number of carbonyl (C=O) groups is 3. The third-order valence-electron chi connectivity index (χ3n) is 8.38. The molecule has 2 atom stereocenters. The Balaban J connectivity index is 1.71. The predicted octanol–water partition coefficient (Wildman–Crippen LogP) is 4.27. The van der Waals surface area contributed by atoms with Gasteiger partial charge in [0.1, 0.15) is 11.4 Å². The first kappa shape index (κ1) is 36.3. The molecule has 4 rings (SSSR count).